The lowest BCUT2D eigenvalue weighted by Crippen LogP contribution is -2.37. The van der Waals surface area contributed by atoms with Crippen LogP contribution >= 0.6 is 0 Å². The van der Waals surface area contributed by atoms with Crippen molar-refractivity contribution < 1.29 is 42.8 Å². The van der Waals surface area contributed by atoms with Crippen LogP contribution in [0.3, 0.4) is 0 Å². The van der Waals surface area contributed by atoms with Crippen LogP contribution in [0.4, 0.5) is 22.7 Å². The van der Waals surface area contributed by atoms with Gasteiger partial charge in [-0.1, -0.05) is 36.4 Å². The maximum absolute atomic E-state index is 13.9. The number of nitrogens with zero attached hydrogens (tertiary/aromatic N) is 3. The lowest BCUT2D eigenvalue weighted by Gasteiger charge is -2.22. The number of anilines is 3. The summed E-state index contributed by atoms with van der Waals surface area (Å²) in [7, 11) is 6.23. The molecule has 3 aliphatic rings. The summed E-state index contributed by atoms with van der Waals surface area (Å²) in [6, 6.07) is 28.3. The van der Waals surface area contributed by atoms with Gasteiger partial charge in [-0.2, -0.15) is 0 Å². The monoisotopic (exact) mass is 824 g/mol. The molecule has 13 nitrogen and oxygen atoms in total. The Balaban J connectivity index is 1.02. The molecule has 2 amide bonds. The molecule has 5 aromatic carbocycles. The van der Waals surface area contributed by atoms with Gasteiger partial charge in [0.1, 0.15) is 19.0 Å². The topological polar surface area (TPSA) is 137 Å². The number of hydrogen-bond acceptors (Lipinski definition) is 11. The zero-order valence-corrected chi connectivity index (χ0v) is 34.7. The maximum atomic E-state index is 13.9. The van der Waals surface area contributed by atoms with E-state index in [0.29, 0.717) is 90.1 Å². The number of aliphatic imine (C=N–C) groups is 1. The number of carbonyl (C=O) groups is 3. The van der Waals surface area contributed by atoms with Gasteiger partial charge in [0.05, 0.1) is 56.5 Å². The van der Waals surface area contributed by atoms with Crippen LogP contribution in [-0.2, 0) is 35.6 Å². The second kappa shape index (κ2) is 18.1. The number of benzene rings is 5. The number of unbranched alkanes of at least 4 members (excludes halogenated alkanes) is 1. The van der Waals surface area contributed by atoms with Gasteiger partial charge in [0.15, 0.2) is 23.0 Å². The number of nitrogens with one attached hydrogen (secondary N) is 1. The molecule has 0 unspecified atom stereocenters. The first-order valence-electron chi connectivity index (χ1n) is 20.3. The van der Waals surface area contributed by atoms with Crippen LogP contribution in [-0.4, -0.2) is 71.6 Å². The first-order valence-corrected chi connectivity index (χ1v) is 20.3. The van der Waals surface area contributed by atoms with Crippen molar-refractivity contribution in [1.82, 2.24) is 0 Å². The smallest absolute Gasteiger partial charge is 0.305 e. The number of rotatable bonds is 16. The molecule has 0 saturated heterocycles. The average Bonchev–Trinajstić information content (AvgIpc) is 3.86. The third-order valence-corrected chi connectivity index (χ3v) is 11.2. The SMILES string of the molecule is CNc1cc(OCc2cc(COc3cc4c(cc3OC)C(=O)N3c5ccccc5C[C@H]3C=N4)cc(OCCCCC(=O)OC)c2)c(OC)cc1C(=O)N1CCc2ccccc21. The molecule has 0 aliphatic carbocycles. The summed E-state index contributed by atoms with van der Waals surface area (Å²) < 4.78 is 35.2. The predicted molar refractivity (Wildman–Crippen MR) is 233 cm³/mol. The minimum Gasteiger partial charge on any atom is -0.494 e. The van der Waals surface area contributed by atoms with E-state index < -0.39 is 0 Å². The highest BCUT2D eigenvalue weighted by molar-refractivity contribution is 6.15. The molecule has 1 atom stereocenters. The number of para-hydroxylation sites is 2. The predicted octanol–water partition coefficient (Wildman–Crippen LogP) is 8.12. The van der Waals surface area contributed by atoms with Gasteiger partial charge in [-0.25, -0.2) is 0 Å². The highest BCUT2D eigenvalue weighted by Gasteiger charge is 2.36. The van der Waals surface area contributed by atoms with Gasteiger partial charge in [-0.05, 0) is 84.0 Å². The number of fused-ring (bicyclic) bond motifs is 5. The van der Waals surface area contributed by atoms with Crippen LogP contribution in [0.15, 0.2) is 96.0 Å². The minimum atomic E-state index is -0.261. The number of carbonyl (C=O) groups excluding carboxylic acids is 3. The van der Waals surface area contributed by atoms with Crippen molar-refractivity contribution in [3.05, 3.63) is 124 Å². The molecule has 61 heavy (non-hydrogen) atoms. The molecule has 314 valence electrons. The number of methoxy groups -OCH3 is 3. The van der Waals surface area contributed by atoms with E-state index in [2.05, 4.69) is 5.32 Å². The van der Waals surface area contributed by atoms with E-state index in [1.165, 1.54) is 7.11 Å². The van der Waals surface area contributed by atoms with Crippen LogP contribution in [0.1, 0.15) is 62.2 Å². The summed E-state index contributed by atoms with van der Waals surface area (Å²) in [5.41, 5.74) is 7.63. The van der Waals surface area contributed by atoms with Crippen molar-refractivity contribution in [3.8, 4) is 28.7 Å². The van der Waals surface area contributed by atoms with E-state index in [1.54, 1.807) is 55.3 Å². The molecule has 0 fully saturated rings. The summed E-state index contributed by atoms with van der Waals surface area (Å²) in [6.45, 7) is 1.24. The van der Waals surface area contributed by atoms with Crippen molar-refractivity contribution in [2.45, 2.75) is 51.4 Å². The lowest BCUT2D eigenvalue weighted by molar-refractivity contribution is -0.140. The molecule has 0 aromatic heterocycles. The fraction of sp³-hybridized carbons (Fsp3) is 0.292. The minimum absolute atomic E-state index is 0.129. The number of hydrogen-bond donors (Lipinski definition) is 1. The first kappa shape index (κ1) is 40.7. The second-order valence-corrected chi connectivity index (χ2v) is 15.0. The zero-order chi connectivity index (χ0) is 42.5. The van der Waals surface area contributed by atoms with E-state index in [0.717, 1.165) is 40.0 Å². The summed E-state index contributed by atoms with van der Waals surface area (Å²) in [5, 5.41) is 3.17. The molecule has 0 radical (unpaired) electrons. The summed E-state index contributed by atoms with van der Waals surface area (Å²) >= 11 is 0. The lowest BCUT2D eigenvalue weighted by atomic mass is 10.1. The molecular weight excluding hydrogens is 777 g/mol. The Labute approximate surface area is 354 Å². The van der Waals surface area contributed by atoms with Gasteiger partial charge in [0.25, 0.3) is 11.8 Å². The van der Waals surface area contributed by atoms with Crippen molar-refractivity contribution in [2.75, 3.05) is 56.6 Å². The summed E-state index contributed by atoms with van der Waals surface area (Å²) in [5.74, 6) is 1.75. The van der Waals surface area contributed by atoms with E-state index in [4.69, 9.17) is 33.4 Å². The van der Waals surface area contributed by atoms with Gasteiger partial charge < -0.3 is 38.6 Å². The van der Waals surface area contributed by atoms with E-state index in [9.17, 15) is 14.4 Å². The number of amides is 2. The molecule has 0 spiro atoms. The van der Waals surface area contributed by atoms with Crippen LogP contribution in [0.25, 0.3) is 0 Å². The van der Waals surface area contributed by atoms with Crippen molar-refractivity contribution in [3.63, 3.8) is 0 Å². The Morgan fingerprint density at radius 1 is 0.770 bits per heavy atom. The van der Waals surface area contributed by atoms with Crippen LogP contribution in [0.5, 0.6) is 28.7 Å². The van der Waals surface area contributed by atoms with Gasteiger partial charge in [-0.3, -0.25) is 24.3 Å². The van der Waals surface area contributed by atoms with E-state index in [-0.39, 0.29) is 37.0 Å². The van der Waals surface area contributed by atoms with E-state index in [1.807, 2.05) is 72.9 Å². The fourth-order valence-corrected chi connectivity index (χ4v) is 8.06. The maximum Gasteiger partial charge on any atom is 0.305 e. The van der Waals surface area contributed by atoms with Crippen LogP contribution in [0.2, 0.25) is 0 Å². The first-order chi connectivity index (χ1) is 29.8. The normalized spacial score (nSPS) is 14.6. The molecule has 0 saturated carbocycles. The highest BCUT2D eigenvalue weighted by Crippen LogP contribution is 2.42. The van der Waals surface area contributed by atoms with Gasteiger partial charge in [0, 0.05) is 56.2 Å². The second-order valence-electron chi connectivity index (χ2n) is 15.0. The standard InChI is InChI=1S/C48H48N4O9/c1-49-38-25-44(42(56-2)23-36(38)47(54)51-17-16-32-11-5-7-13-40(32)51)60-28-30-19-31(21-35(20-30)59-18-10-9-15-46(53)58-4)29-61-45-26-39-37(24-43(45)57-3)48(55)52-34(27-50-39)22-33-12-6-8-14-41(33)52/h5-8,11-14,19-21,23-27,34,49H,9-10,15-18,22,28-29H2,1-4H3/t34-/m0/s1. The van der Waals surface area contributed by atoms with Crippen molar-refractivity contribution in [2.24, 2.45) is 4.99 Å². The Kier molecular flexibility index (Phi) is 12.1. The molecule has 5 aromatic rings. The molecule has 3 heterocycles. The molecule has 1 N–H and O–H groups in total. The molecule has 8 rings (SSSR count). The summed E-state index contributed by atoms with van der Waals surface area (Å²) in [4.78, 5) is 47.8. The van der Waals surface area contributed by atoms with Gasteiger partial charge in [0.2, 0.25) is 0 Å². The van der Waals surface area contributed by atoms with Gasteiger partial charge in [-0.15, -0.1) is 0 Å². The fourth-order valence-electron chi connectivity index (χ4n) is 8.06. The van der Waals surface area contributed by atoms with Crippen molar-refractivity contribution in [1.29, 1.82) is 0 Å². The Morgan fingerprint density at radius 2 is 1.46 bits per heavy atom. The highest BCUT2D eigenvalue weighted by atomic mass is 16.5. The Hall–Kier alpha value is -7.02. The molecule has 0 bridgehead atoms. The third-order valence-electron chi connectivity index (χ3n) is 11.2. The number of esters is 1. The van der Waals surface area contributed by atoms with Crippen molar-refractivity contribution >= 4 is 46.7 Å². The van der Waals surface area contributed by atoms with Crippen LogP contribution < -0.4 is 38.8 Å². The number of ether oxygens (including phenoxy) is 6. The quantitative estimate of drug-likeness (QED) is 0.0768. The van der Waals surface area contributed by atoms with Crippen LogP contribution in [0, 0.1) is 0 Å². The van der Waals surface area contributed by atoms with Gasteiger partial charge >= 0.3 is 5.97 Å². The molecule has 13 heteroatoms. The Morgan fingerprint density at radius 3 is 2.18 bits per heavy atom. The summed E-state index contributed by atoms with van der Waals surface area (Å²) in [6.07, 6.45) is 4.89. The largest absolute Gasteiger partial charge is 0.494 e. The van der Waals surface area contributed by atoms with E-state index >= 15 is 0 Å². The molecule has 3 aliphatic heterocycles. The average molecular weight is 825 g/mol. The Bertz CT molecular complexity index is 2500. The third kappa shape index (κ3) is 8.54. The molecular formula is C48H48N4O9. The zero-order valence-electron chi connectivity index (χ0n) is 34.7.